The maximum Gasteiger partial charge on any atom is 0.264 e. The summed E-state index contributed by atoms with van der Waals surface area (Å²) in [4.78, 5) is 28.7. The molecule has 3 heterocycles. The summed E-state index contributed by atoms with van der Waals surface area (Å²) in [6.07, 6.45) is 3.36. The fourth-order valence-electron chi connectivity index (χ4n) is 4.45. The molecule has 6 nitrogen and oxygen atoms in total. The first-order valence-electron chi connectivity index (χ1n) is 9.19. The summed E-state index contributed by atoms with van der Waals surface area (Å²) in [5, 5.41) is 9.29. The molecule has 2 fully saturated rings. The van der Waals surface area contributed by atoms with Gasteiger partial charge in [-0.1, -0.05) is 13.0 Å². The predicted octanol–water partition coefficient (Wildman–Crippen LogP) is 1.96. The van der Waals surface area contributed by atoms with Gasteiger partial charge >= 0.3 is 0 Å². The molecule has 0 bridgehead atoms. The van der Waals surface area contributed by atoms with Crippen LogP contribution in [0.5, 0.6) is 0 Å². The van der Waals surface area contributed by atoms with Gasteiger partial charge < -0.3 is 19.6 Å². The molecule has 2 saturated heterocycles. The van der Waals surface area contributed by atoms with Crippen molar-refractivity contribution in [2.24, 2.45) is 5.92 Å². The maximum atomic E-state index is 13.4. The molecule has 0 aromatic heterocycles. The van der Waals surface area contributed by atoms with Crippen LogP contribution in [-0.4, -0.2) is 42.7 Å². The number of hydrogen-bond donors (Lipinski definition) is 1. The first kappa shape index (κ1) is 17.2. The number of benzene rings is 1. The molecule has 3 atom stereocenters. The van der Waals surface area contributed by atoms with E-state index >= 15 is 0 Å². The highest BCUT2D eigenvalue weighted by Crippen LogP contribution is 2.54. The standard InChI is InChI=1S/C20H24N2O4/c1-3-8-22-17-5-4-14(21-9-6-18(21)24)12-16(17)20(19(22)25)13(2)11-15(26-20)7-10-23/h3-5,12-13,15,23H,1,6-11H2,2H3/t13-,15+,20+/m0/s1. The first-order chi connectivity index (χ1) is 12.5. The molecule has 3 aliphatic rings. The van der Waals surface area contributed by atoms with Gasteiger partial charge in [-0.15, -0.1) is 6.58 Å². The van der Waals surface area contributed by atoms with Crippen LogP contribution in [-0.2, 0) is 19.9 Å². The molecule has 0 saturated carbocycles. The van der Waals surface area contributed by atoms with E-state index in [0.29, 0.717) is 25.9 Å². The van der Waals surface area contributed by atoms with Gasteiger partial charge in [0.2, 0.25) is 5.91 Å². The molecular formula is C20H24N2O4. The molecule has 1 N–H and O–H groups in total. The van der Waals surface area contributed by atoms with Gasteiger partial charge in [-0.3, -0.25) is 9.59 Å². The second-order valence-electron chi connectivity index (χ2n) is 7.33. The van der Waals surface area contributed by atoms with Gasteiger partial charge in [0.15, 0.2) is 5.60 Å². The monoisotopic (exact) mass is 356 g/mol. The van der Waals surface area contributed by atoms with Gasteiger partial charge in [0.05, 0.1) is 11.8 Å². The minimum atomic E-state index is -1.04. The predicted molar refractivity (Wildman–Crippen MR) is 98.0 cm³/mol. The lowest BCUT2D eigenvalue weighted by Crippen LogP contribution is -2.44. The molecule has 1 aromatic carbocycles. The lowest BCUT2D eigenvalue weighted by molar-refractivity contribution is -0.146. The van der Waals surface area contributed by atoms with Gasteiger partial charge in [0.1, 0.15) is 0 Å². The van der Waals surface area contributed by atoms with Crippen LogP contribution in [0.4, 0.5) is 11.4 Å². The van der Waals surface area contributed by atoms with Crippen LogP contribution in [0.2, 0.25) is 0 Å². The van der Waals surface area contributed by atoms with Gasteiger partial charge in [0.25, 0.3) is 5.91 Å². The Morgan fingerprint density at radius 3 is 2.85 bits per heavy atom. The Hall–Kier alpha value is -2.18. The third-order valence-corrected chi connectivity index (χ3v) is 5.82. The Kier molecular flexibility index (Phi) is 4.12. The minimum absolute atomic E-state index is 0.0116. The number of anilines is 2. The quantitative estimate of drug-likeness (QED) is 0.647. The number of amides is 2. The Bertz CT molecular complexity index is 777. The molecule has 3 aliphatic heterocycles. The fraction of sp³-hybridized carbons (Fsp3) is 0.500. The molecule has 138 valence electrons. The van der Waals surface area contributed by atoms with E-state index in [-0.39, 0.29) is 30.4 Å². The topological polar surface area (TPSA) is 70.1 Å². The molecule has 1 spiro atoms. The normalized spacial score (nSPS) is 30.1. The third-order valence-electron chi connectivity index (χ3n) is 5.82. The van der Waals surface area contributed by atoms with Crippen molar-refractivity contribution in [1.29, 1.82) is 0 Å². The van der Waals surface area contributed by atoms with Crippen molar-refractivity contribution in [1.82, 2.24) is 0 Å². The molecule has 2 amide bonds. The van der Waals surface area contributed by atoms with Crippen molar-refractivity contribution in [3.05, 3.63) is 36.4 Å². The molecule has 1 aromatic rings. The van der Waals surface area contributed by atoms with Gasteiger partial charge in [-0.25, -0.2) is 0 Å². The Morgan fingerprint density at radius 2 is 2.23 bits per heavy atom. The van der Waals surface area contributed by atoms with Crippen molar-refractivity contribution in [2.75, 3.05) is 29.5 Å². The van der Waals surface area contributed by atoms with Gasteiger partial charge in [-0.2, -0.15) is 0 Å². The van der Waals surface area contributed by atoms with Crippen LogP contribution in [0.25, 0.3) is 0 Å². The van der Waals surface area contributed by atoms with E-state index in [1.807, 2.05) is 25.1 Å². The highest BCUT2D eigenvalue weighted by atomic mass is 16.5. The molecule has 0 radical (unpaired) electrons. The van der Waals surface area contributed by atoms with Crippen molar-refractivity contribution >= 4 is 23.2 Å². The summed E-state index contributed by atoms with van der Waals surface area (Å²) in [5.41, 5.74) is 1.42. The lowest BCUT2D eigenvalue weighted by Gasteiger charge is -2.32. The molecule has 4 rings (SSSR count). The molecule has 0 aliphatic carbocycles. The summed E-state index contributed by atoms with van der Waals surface area (Å²) in [5.74, 6) is 0.0136. The number of hydrogen-bond acceptors (Lipinski definition) is 4. The summed E-state index contributed by atoms with van der Waals surface area (Å²) >= 11 is 0. The summed E-state index contributed by atoms with van der Waals surface area (Å²) in [7, 11) is 0. The zero-order valence-electron chi connectivity index (χ0n) is 15.0. The molecule has 0 unspecified atom stereocenters. The zero-order chi connectivity index (χ0) is 18.5. The highest BCUT2D eigenvalue weighted by Gasteiger charge is 2.60. The van der Waals surface area contributed by atoms with E-state index in [9.17, 15) is 14.7 Å². The number of aliphatic hydroxyl groups excluding tert-OH is 1. The van der Waals surface area contributed by atoms with E-state index in [1.165, 1.54) is 0 Å². The van der Waals surface area contributed by atoms with E-state index in [1.54, 1.807) is 15.9 Å². The van der Waals surface area contributed by atoms with Crippen LogP contribution >= 0.6 is 0 Å². The number of rotatable bonds is 5. The smallest absolute Gasteiger partial charge is 0.264 e. The highest BCUT2D eigenvalue weighted by molar-refractivity contribution is 6.09. The summed E-state index contributed by atoms with van der Waals surface area (Å²) < 4.78 is 6.30. The van der Waals surface area contributed by atoms with Crippen molar-refractivity contribution in [2.45, 2.75) is 37.9 Å². The van der Waals surface area contributed by atoms with E-state index in [4.69, 9.17) is 4.74 Å². The Balaban J connectivity index is 1.81. The van der Waals surface area contributed by atoms with E-state index < -0.39 is 5.60 Å². The number of fused-ring (bicyclic) bond motifs is 2. The fourth-order valence-corrected chi connectivity index (χ4v) is 4.45. The zero-order valence-corrected chi connectivity index (χ0v) is 15.0. The first-order valence-corrected chi connectivity index (χ1v) is 9.19. The minimum Gasteiger partial charge on any atom is -0.396 e. The van der Waals surface area contributed by atoms with Crippen molar-refractivity contribution in [3.63, 3.8) is 0 Å². The largest absolute Gasteiger partial charge is 0.396 e. The summed E-state index contributed by atoms with van der Waals surface area (Å²) in [6.45, 7) is 6.95. The average molecular weight is 356 g/mol. The lowest BCUT2D eigenvalue weighted by atomic mass is 9.82. The van der Waals surface area contributed by atoms with Crippen LogP contribution in [0.1, 0.15) is 31.7 Å². The van der Waals surface area contributed by atoms with E-state index in [0.717, 1.165) is 23.4 Å². The Labute approximate surface area is 153 Å². The Morgan fingerprint density at radius 1 is 1.42 bits per heavy atom. The molecular weight excluding hydrogens is 332 g/mol. The number of aliphatic hydroxyl groups is 1. The van der Waals surface area contributed by atoms with Crippen molar-refractivity contribution in [3.8, 4) is 0 Å². The van der Waals surface area contributed by atoms with E-state index in [2.05, 4.69) is 6.58 Å². The van der Waals surface area contributed by atoms with Gasteiger partial charge in [-0.05, 0) is 31.0 Å². The number of nitrogens with zero attached hydrogens (tertiary/aromatic N) is 2. The number of β-lactam (4-membered cyclic amide) rings is 1. The van der Waals surface area contributed by atoms with Gasteiger partial charge in [0, 0.05) is 43.3 Å². The van der Waals surface area contributed by atoms with Crippen molar-refractivity contribution < 1.29 is 19.4 Å². The van der Waals surface area contributed by atoms with Crippen LogP contribution in [0.15, 0.2) is 30.9 Å². The third kappa shape index (κ3) is 2.25. The average Bonchev–Trinajstić information content (AvgIpc) is 3.05. The number of carbonyl (C=O) groups is 2. The summed E-state index contributed by atoms with van der Waals surface area (Å²) in [6, 6.07) is 5.73. The van der Waals surface area contributed by atoms with Crippen LogP contribution in [0.3, 0.4) is 0 Å². The second-order valence-corrected chi connectivity index (χ2v) is 7.33. The number of ether oxygens (including phenoxy) is 1. The molecule has 6 heteroatoms. The second kappa shape index (κ2) is 6.21. The molecule has 26 heavy (non-hydrogen) atoms. The SMILES string of the molecule is C=CCN1C(=O)[C@]2(O[C@H](CCO)C[C@@H]2C)c2cc(N3CCC3=O)ccc21. The van der Waals surface area contributed by atoms with Crippen LogP contribution in [0, 0.1) is 5.92 Å². The van der Waals surface area contributed by atoms with Crippen LogP contribution < -0.4 is 9.80 Å². The maximum absolute atomic E-state index is 13.4. The number of carbonyl (C=O) groups excluding carboxylic acids is 2.